The van der Waals surface area contributed by atoms with Gasteiger partial charge in [0.05, 0.1) is 35.6 Å². The molecule has 0 spiro atoms. The highest BCUT2D eigenvalue weighted by Gasteiger charge is 2.56. The Morgan fingerprint density at radius 3 is 2.21 bits per heavy atom. The Labute approximate surface area is 312 Å². The summed E-state index contributed by atoms with van der Waals surface area (Å²) in [5.41, 5.74) is -2.27. The number of allylic oxidation sites excluding steroid dienone is 1. The number of carbonyl (C=O) groups excluding carboxylic acids is 1. The molecule has 4 aliphatic rings. The van der Waals surface area contributed by atoms with E-state index >= 15 is 0 Å². The van der Waals surface area contributed by atoms with Crippen molar-refractivity contribution in [2.75, 3.05) is 14.2 Å². The minimum atomic E-state index is -1.38. The molecule has 0 amide bonds. The summed E-state index contributed by atoms with van der Waals surface area (Å²) < 4.78 is 45.5. The van der Waals surface area contributed by atoms with E-state index in [1.54, 1.807) is 27.9 Å². The van der Waals surface area contributed by atoms with Crippen molar-refractivity contribution in [3.8, 4) is 0 Å². The van der Waals surface area contributed by atoms with Crippen molar-refractivity contribution in [2.24, 2.45) is 23.7 Å². The molecule has 0 unspecified atom stereocenters. The molecule has 0 aromatic rings. The van der Waals surface area contributed by atoms with Crippen molar-refractivity contribution in [1.82, 2.24) is 4.90 Å². The summed E-state index contributed by atoms with van der Waals surface area (Å²) in [5.74, 6) is -1.72. The molecule has 4 heterocycles. The Morgan fingerprint density at radius 2 is 1.63 bits per heavy atom. The van der Waals surface area contributed by atoms with Crippen LogP contribution in [0.25, 0.3) is 0 Å². The molecular weight excluding hydrogens is 670 g/mol. The number of methoxy groups -OCH3 is 1. The smallest absolute Gasteiger partial charge is 0.311 e. The third-order valence-electron chi connectivity index (χ3n) is 13.2. The fourth-order valence-electron chi connectivity index (χ4n) is 9.19. The van der Waals surface area contributed by atoms with Crippen LogP contribution in [0.2, 0.25) is 0 Å². The van der Waals surface area contributed by atoms with E-state index in [4.69, 9.17) is 33.2 Å². The van der Waals surface area contributed by atoms with Crippen molar-refractivity contribution in [1.29, 1.82) is 0 Å². The minimum Gasteiger partial charge on any atom is -0.489 e. The number of aliphatic hydroxyl groups is 3. The monoisotopic (exact) mass is 742 g/mol. The molecule has 3 fully saturated rings. The summed E-state index contributed by atoms with van der Waals surface area (Å²) in [4.78, 5) is 16.4. The molecule has 0 saturated carbocycles. The van der Waals surface area contributed by atoms with Gasteiger partial charge in [-0.3, -0.25) is 9.69 Å². The molecule has 2 bridgehead atoms. The number of nitrogens with zero attached hydrogens (tertiary/aromatic N) is 1. The van der Waals surface area contributed by atoms with Crippen LogP contribution >= 0.6 is 0 Å². The van der Waals surface area contributed by atoms with Gasteiger partial charge in [0.15, 0.2) is 12.6 Å². The van der Waals surface area contributed by atoms with Crippen LogP contribution in [-0.2, 0) is 38.0 Å². The summed E-state index contributed by atoms with van der Waals surface area (Å²) in [6, 6.07) is -0.0248. The fraction of sp³-hybridized carbons (Fsp3) is 0.925. The first-order valence-electron chi connectivity index (χ1n) is 19.6. The van der Waals surface area contributed by atoms with Gasteiger partial charge in [0.1, 0.15) is 35.6 Å². The molecule has 17 atom stereocenters. The van der Waals surface area contributed by atoms with Crippen LogP contribution in [-0.4, -0.2) is 125 Å². The molecule has 3 N–H and O–H groups in total. The lowest BCUT2D eigenvalue weighted by Gasteiger charge is -2.49. The van der Waals surface area contributed by atoms with Gasteiger partial charge in [-0.25, -0.2) is 0 Å². The minimum absolute atomic E-state index is 0.186. The van der Waals surface area contributed by atoms with Gasteiger partial charge < -0.3 is 48.5 Å². The van der Waals surface area contributed by atoms with E-state index in [-0.39, 0.29) is 36.4 Å². The Bertz CT molecular complexity index is 1260. The zero-order valence-corrected chi connectivity index (χ0v) is 34.5. The van der Waals surface area contributed by atoms with Gasteiger partial charge in [-0.05, 0) is 93.7 Å². The largest absolute Gasteiger partial charge is 0.489 e. The summed E-state index contributed by atoms with van der Waals surface area (Å²) in [5, 5.41) is 34.9. The predicted molar refractivity (Wildman–Crippen MR) is 196 cm³/mol. The maximum Gasteiger partial charge on any atom is 0.311 e. The lowest BCUT2D eigenvalue weighted by molar-refractivity contribution is -0.317. The van der Waals surface area contributed by atoms with Gasteiger partial charge in [-0.2, -0.15) is 0 Å². The molecule has 12 heteroatoms. The molecule has 0 radical (unpaired) electrons. The van der Waals surface area contributed by atoms with Gasteiger partial charge >= 0.3 is 5.97 Å². The van der Waals surface area contributed by atoms with Crippen molar-refractivity contribution < 1.29 is 53.3 Å². The highest BCUT2D eigenvalue weighted by Crippen LogP contribution is 2.48. The van der Waals surface area contributed by atoms with E-state index in [0.717, 1.165) is 11.3 Å². The standard InChI is InChI=1S/C40H71NO11/c1-16-29-40(13,45)26(9)23(6)32-21(4)18-39(12,52-32)35(51-37-31(42)28(17-22(5)47-37)41(14)20(2)3)24(7)33(25(8)36(44)49-29)50-30-19-38(11,46-15)34(43)27(10)48-30/h20,22-31,33-35,37,42-43,45H,16-19H2,1-15H3/t22-,23-,24+,25-,26-,27+,28+,29-,30+,31-,33+,34-,35-,37+,38-,39-,40+/m1/s1. The van der Waals surface area contributed by atoms with Crippen LogP contribution in [0, 0.1) is 23.7 Å². The van der Waals surface area contributed by atoms with Crippen LogP contribution in [0.5, 0.6) is 0 Å². The van der Waals surface area contributed by atoms with Crippen LogP contribution in [0.4, 0.5) is 0 Å². The molecule has 52 heavy (non-hydrogen) atoms. The number of hydrogen-bond acceptors (Lipinski definition) is 12. The normalized spacial score (nSPS) is 48.2. The van der Waals surface area contributed by atoms with Crippen LogP contribution in [0.15, 0.2) is 11.3 Å². The SMILES string of the molecule is CC[C@H]1OC(=O)[C@H](C)[C@@H](O[C@H]2C[C@@](C)(OC)[C@H](O)[C@H](C)O2)[C@H](C)[C@@H](O[C@@H]2O[C@H](C)C[C@H](N(C)C(C)C)[C@H]2O)[C@@]2(C)CC(C)=C(O2)[C@H](C)[C@@H](C)[C@]1(C)O. The molecule has 4 aliphatic heterocycles. The number of esters is 1. The molecular formula is C40H71NO11. The van der Waals surface area contributed by atoms with Crippen molar-refractivity contribution in [3.63, 3.8) is 0 Å². The average Bonchev–Trinajstić information content (AvgIpc) is 3.40. The van der Waals surface area contributed by atoms with Crippen LogP contribution < -0.4 is 0 Å². The quantitative estimate of drug-likeness (QED) is 0.290. The summed E-state index contributed by atoms with van der Waals surface area (Å²) in [6.07, 6.45) is -5.17. The summed E-state index contributed by atoms with van der Waals surface area (Å²) in [6.45, 7) is 25.2. The Morgan fingerprint density at radius 1 is 1.00 bits per heavy atom. The highest BCUT2D eigenvalue weighted by atomic mass is 16.7. The number of cyclic esters (lactones) is 1. The molecule has 302 valence electrons. The number of ether oxygens (including phenoxy) is 7. The molecule has 0 aromatic carbocycles. The fourth-order valence-corrected chi connectivity index (χ4v) is 9.19. The lowest BCUT2D eigenvalue weighted by Crippen LogP contribution is -2.61. The van der Waals surface area contributed by atoms with Gasteiger partial charge in [0.2, 0.25) is 0 Å². The third kappa shape index (κ3) is 8.40. The first kappa shape index (κ1) is 43.4. The molecule has 3 saturated heterocycles. The second kappa shape index (κ2) is 16.4. The number of likely N-dealkylation sites (N-methyl/N-ethyl adjacent to an activating group) is 1. The van der Waals surface area contributed by atoms with Gasteiger partial charge in [0, 0.05) is 43.9 Å². The van der Waals surface area contributed by atoms with E-state index in [0.29, 0.717) is 19.3 Å². The number of aliphatic hydroxyl groups excluding tert-OH is 2. The average molecular weight is 742 g/mol. The maximum atomic E-state index is 14.3. The Kier molecular flexibility index (Phi) is 13.7. The zero-order chi connectivity index (χ0) is 39.2. The van der Waals surface area contributed by atoms with E-state index in [9.17, 15) is 20.1 Å². The number of fused-ring (bicyclic) bond motifs is 2. The third-order valence-corrected chi connectivity index (χ3v) is 13.2. The van der Waals surface area contributed by atoms with E-state index in [1.165, 1.54) is 0 Å². The maximum absolute atomic E-state index is 14.3. The van der Waals surface area contributed by atoms with E-state index in [1.807, 2.05) is 55.5 Å². The Balaban J connectivity index is 1.84. The zero-order valence-electron chi connectivity index (χ0n) is 34.5. The first-order valence-corrected chi connectivity index (χ1v) is 19.6. The van der Waals surface area contributed by atoms with E-state index < -0.39 is 83.8 Å². The van der Waals surface area contributed by atoms with Gasteiger partial charge in [-0.15, -0.1) is 0 Å². The topological polar surface area (TPSA) is 146 Å². The molecule has 0 aliphatic carbocycles. The van der Waals surface area contributed by atoms with Crippen LogP contribution in [0.1, 0.15) is 116 Å². The summed E-state index contributed by atoms with van der Waals surface area (Å²) in [7, 11) is 3.55. The molecule has 4 rings (SSSR count). The lowest BCUT2D eigenvalue weighted by atomic mass is 9.75. The molecule has 12 nitrogen and oxygen atoms in total. The van der Waals surface area contributed by atoms with Gasteiger partial charge in [0.25, 0.3) is 0 Å². The van der Waals surface area contributed by atoms with Crippen molar-refractivity contribution >= 4 is 5.97 Å². The number of carbonyl (C=O) groups is 1. The highest BCUT2D eigenvalue weighted by molar-refractivity contribution is 5.73. The Hall–Kier alpha value is -1.35. The molecule has 0 aromatic heterocycles. The van der Waals surface area contributed by atoms with Crippen molar-refractivity contribution in [2.45, 2.75) is 200 Å². The number of rotatable bonds is 8. The summed E-state index contributed by atoms with van der Waals surface area (Å²) >= 11 is 0. The van der Waals surface area contributed by atoms with E-state index in [2.05, 4.69) is 25.7 Å². The van der Waals surface area contributed by atoms with Gasteiger partial charge in [-0.1, -0.05) is 27.7 Å². The van der Waals surface area contributed by atoms with Crippen LogP contribution in [0.3, 0.4) is 0 Å². The van der Waals surface area contributed by atoms with Crippen molar-refractivity contribution in [3.05, 3.63) is 11.3 Å². The second-order valence-electron chi connectivity index (χ2n) is 17.5. The first-order chi connectivity index (χ1) is 24.0. The second-order valence-corrected chi connectivity index (χ2v) is 17.5. The predicted octanol–water partition coefficient (Wildman–Crippen LogP) is 4.95. The number of hydrogen-bond donors (Lipinski definition) is 3.